The first kappa shape index (κ1) is 25.7. The van der Waals surface area contributed by atoms with Gasteiger partial charge in [-0.1, -0.05) is 75.9 Å². The lowest BCUT2D eigenvalue weighted by molar-refractivity contribution is -0.141. The molecule has 2 aromatic carbocycles. The Hall–Kier alpha value is -1.54. The Bertz CT molecular complexity index is 1020. The summed E-state index contributed by atoms with van der Waals surface area (Å²) < 4.78 is 41.3. The second-order valence-corrected chi connectivity index (χ2v) is 8.83. The minimum atomic E-state index is -4.61. The molecule has 0 saturated carbocycles. The largest absolute Gasteiger partial charge is 0.481 e. The number of Topliss-reactive ketones (excluding diaryl/α,β-unsaturated/α-hetero) is 1. The van der Waals surface area contributed by atoms with E-state index in [0.717, 1.165) is 18.2 Å². The fourth-order valence-corrected chi connectivity index (χ4v) is 3.94. The Balaban J connectivity index is 2.32. The van der Waals surface area contributed by atoms with Crippen molar-refractivity contribution in [3.05, 3.63) is 72.6 Å². The van der Waals surface area contributed by atoms with Crippen molar-refractivity contribution in [1.82, 2.24) is 0 Å². The molecular formula is C21H15BrCl3F3O3. The predicted octanol–water partition coefficient (Wildman–Crippen LogP) is 8.06. The molecule has 2 rings (SSSR count). The number of alkyl halides is 3. The molecule has 0 radical (unpaired) electrons. The third-order valence-corrected chi connectivity index (χ3v) is 6.26. The van der Waals surface area contributed by atoms with Crippen molar-refractivity contribution < 1.29 is 27.9 Å². The molecule has 10 heteroatoms. The van der Waals surface area contributed by atoms with Crippen LogP contribution in [0.15, 0.2) is 40.9 Å². The fourth-order valence-electron chi connectivity index (χ4n) is 2.71. The van der Waals surface area contributed by atoms with E-state index in [1.54, 1.807) is 0 Å². The van der Waals surface area contributed by atoms with Gasteiger partial charge in [0, 0.05) is 16.5 Å². The van der Waals surface area contributed by atoms with Crippen molar-refractivity contribution in [3.8, 4) is 0 Å². The summed E-state index contributed by atoms with van der Waals surface area (Å²) in [7, 11) is 0. The standard InChI is InChI=1S/C21H15BrCl3F3O3/c1-10(20(30)31)6-18(29)13-4-2-11(7-15(13)22)3-5-14(21(26,27)28)12-8-16(23)19(25)17(24)9-12/h2-5,7-10,14H,6H2,1H3,(H,30,31)/b5-3+. The molecule has 2 aromatic rings. The molecule has 1 N–H and O–H groups in total. The zero-order valence-electron chi connectivity index (χ0n) is 15.8. The lowest BCUT2D eigenvalue weighted by Crippen LogP contribution is -2.19. The average molecular weight is 559 g/mol. The number of ketones is 1. The number of carbonyl (C=O) groups is 2. The van der Waals surface area contributed by atoms with E-state index >= 15 is 0 Å². The predicted molar refractivity (Wildman–Crippen MR) is 119 cm³/mol. The van der Waals surface area contributed by atoms with Crippen LogP contribution in [0.5, 0.6) is 0 Å². The number of hydrogen-bond donors (Lipinski definition) is 1. The number of carboxylic acids is 1. The summed E-state index contributed by atoms with van der Waals surface area (Å²) in [4.78, 5) is 23.2. The maximum absolute atomic E-state index is 13.6. The fraction of sp³-hybridized carbons (Fsp3) is 0.238. The Morgan fingerprint density at radius 1 is 1.13 bits per heavy atom. The van der Waals surface area contributed by atoms with Crippen LogP contribution >= 0.6 is 50.7 Å². The highest BCUT2D eigenvalue weighted by atomic mass is 79.9. The highest BCUT2D eigenvalue weighted by Crippen LogP contribution is 2.41. The van der Waals surface area contributed by atoms with Gasteiger partial charge in [-0.3, -0.25) is 9.59 Å². The Morgan fingerprint density at radius 2 is 1.71 bits per heavy atom. The van der Waals surface area contributed by atoms with Gasteiger partial charge >= 0.3 is 12.1 Å². The molecule has 166 valence electrons. The number of allylic oxidation sites excluding steroid dienone is 1. The van der Waals surface area contributed by atoms with Crippen molar-refractivity contribution in [1.29, 1.82) is 0 Å². The highest BCUT2D eigenvalue weighted by Gasteiger charge is 2.39. The summed E-state index contributed by atoms with van der Waals surface area (Å²) in [5, 5.41) is 8.72. The number of benzene rings is 2. The Morgan fingerprint density at radius 3 is 2.19 bits per heavy atom. The first-order valence-electron chi connectivity index (χ1n) is 8.76. The number of rotatable bonds is 7. The first-order chi connectivity index (χ1) is 14.3. The molecule has 31 heavy (non-hydrogen) atoms. The van der Waals surface area contributed by atoms with Crippen LogP contribution in [0, 0.1) is 5.92 Å². The SMILES string of the molecule is CC(CC(=O)c1ccc(/C=C/C(c2cc(Cl)c(Cl)c(Cl)c2)C(F)(F)F)cc1Br)C(=O)O. The lowest BCUT2D eigenvalue weighted by atomic mass is 9.96. The minimum absolute atomic E-state index is 0.0293. The van der Waals surface area contributed by atoms with E-state index in [9.17, 15) is 22.8 Å². The summed E-state index contributed by atoms with van der Waals surface area (Å²) in [5.74, 6) is -4.33. The summed E-state index contributed by atoms with van der Waals surface area (Å²) in [5.41, 5.74) is 0.473. The molecule has 0 fully saturated rings. The second-order valence-electron chi connectivity index (χ2n) is 6.78. The molecule has 0 aliphatic carbocycles. The lowest BCUT2D eigenvalue weighted by Gasteiger charge is -2.18. The Labute approximate surface area is 199 Å². The van der Waals surface area contributed by atoms with Crippen LogP contribution in [0.4, 0.5) is 13.2 Å². The Kier molecular flexibility index (Phi) is 8.62. The molecule has 2 atom stereocenters. The van der Waals surface area contributed by atoms with Crippen LogP contribution in [-0.4, -0.2) is 23.0 Å². The van der Waals surface area contributed by atoms with E-state index in [-0.39, 0.29) is 32.6 Å². The van der Waals surface area contributed by atoms with Gasteiger partial charge in [0.2, 0.25) is 0 Å². The van der Waals surface area contributed by atoms with Gasteiger partial charge in [0.25, 0.3) is 0 Å². The summed E-state index contributed by atoms with van der Waals surface area (Å²) in [6.45, 7) is 1.41. The van der Waals surface area contributed by atoms with Gasteiger partial charge in [-0.25, -0.2) is 0 Å². The van der Waals surface area contributed by atoms with E-state index in [2.05, 4.69) is 15.9 Å². The van der Waals surface area contributed by atoms with Gasteiger partial charge in [0.1, 0.15) is 0 Å². The third-order valence-electron chi connectivity index (χ3n) is 4.41. The van der Waals surface area contributed by atoms with Crippen molar-refractivity contribution in [3.63, 3.8) is 0 Å². The van der Waals surface area contributed by atoms with Crippen LogP contribution < -0.4 is 0 Å². The molecule has 3 nitrogen and oxygen atoms in total. The molecule has 0 spiro atoms. The molecule has 2 unspecified atom stereocenters. The monoisotopic (exact) mass is 556 g/mol. The van der Waals surface area contributed by atoms with Crippen LogP contribution in [-0.2, 0) is 4.79 Å². The van der Waals surface area contributed by atoms with Crippen molar-refractivity contribution in [2.24, 2.45) is 5.92 Å². The molecule has 0 heterocycles. The number of aliphatic carboxylic acids is 1. The normalized spacial score (nSPS) is 13.9. The van der Waals surface area contributed by atoms with Crippen molar-refractivity contribution in [2.75, 3.05) is 0 Å². The maximum Gasteiger partial charge on any atom is 0.399 e. The number of hydrogen-bond acceptors (Lipinski definition) is 2. The van der Waals surface area contributed by atoms with Gasteiger partial charge < -0.3 is 5.11 Å². The van der Waals surface area contributed by atoms with Gasteiger partial charge in [-0.2, -0.15) is 13.2 Å². The quantitative estimate of drug-likeness (QED) is 0.276. The van der Waals surface area contributed by atoms with Gasteiger partial charge in [0.05, 0.1) is 26.9 Å². The molecule has 0 aliphatic rings. The summed E-state index contributed by atoms with van der Waals surface area (Å²) >= 11 is 20.8. The molecule has 0 saturated heterocycles. The first-order valence-corrected chi connectivity index (χ1v) is 10.7. The summed E-state index contributed by atoms with van der Waals surface area (Å²) in [6, 6.07) is 6.60. The van der Waals surface area contributed by atoms with E-state index in [0.29, 0.717) is 10.0 Å². The molecule has 0 amide bonds. The molecule has 0 aromatic heterocycles. The van der Waals surface area contributed by atoms with E-state index < -0.39 is 29.8 Å². The zero-order chi connectivity index (χ0) is 23.5. The van der Waals surface area contributed by atoms with E-state index in [1.807, 2.05) is 0 Å². The number of carbonyl (C=O) groups excluding carboxylic acids is 1. The van der Waals surface area contributed by atoms with Crippen molar-refractivity contribution in [2.45, 2.75) is 25.4 Å². The number of halogens is 7. The number of carboxylic acid groups (broad SMARTS) is 1. The minimum Gasteiger partial charge on any atom is -0.481 e. The van der Waals surface area contributed by atoms with E-state index in [1.165, 1.54) is 31.2 Å². The molecular weight excluding hydrogens is 543 g/mol. The summed E-state index contributed by atoms with van der Waals surface area (Å²) in [6.07, 6.45) is -2.60. The second kappa shape index (κ2) is 10.4. The van der Waals surface area contributed by atoms with Crippen molar-refractivity contribution >= 4 is 68.6 Å². The molecule has 0 bridgehead atoms. The van der Waals surface area contributed by atoms with Crippen LogP contribution in [0.1, 0.15) is 40.7 Å². The third kappa shape index (κ3) is 6.72. The highest BCUT2D eigenvalue weighted by molar-refractivity contribution is 9.10. The topological polar surface area (TPSA) is 54.4 Å². The van der Waals surface area contributed by atoms with Gasteiger partial charge in [0.15, 0.2) is 5.78 Å². The average Bonchev–Trinajstić information content (AvgIpc) is 2.64. The van der Waals surface area contributed by atoms with Gasteiger partial charge in [-0.05, 0) is 35.4 Å². The van der Waals surface area contributed by atoms with Crippen LogP contribution in [0.2, 0.25) is 15.1 Å². The zero-order valence-corrected chi connectivity index (χ0v) is 19.7. The van der Waals surface area contributed by atoms with Crippen LogP contribution in [0.25, 0.3) is 6.08 Å². The van der Waals surface area contributed by atoms with Gasteiger partial charge in [-0.15, -0.1) is 0 Å². The van der Waals surface area contributed by atoms with Crippen LogP contribution in [0.3, 0.4) is 0 Å². The smallest absolute Gasteiger partial charge is 0.399 e. The molecule has 0 aliphatic heterocycles. The maximum atomic E-state index is 13.6. The van der Waals surface area contributed by atoms with E-state index in [4.69, 9.17) is 39.9 Å².